The first kappa shape index (κ1) is 8.85. The summed E-state index contributed by atoms with van der Waals surface area (Å²) in [6, 6.07) is 0. The van der Waals surface area contributed by atoms with Gasteiger partial charge in [-0.15, -0.1) is 0 Å². The predicted octanol–water partition coefficient (Wildman–Crippen LogP) is 0.0282. The number of hydrogen-bond donors (Lipinski definition) is 0. The SMILES string of the molecule is C=[CH][Cu].[LiH]. The van der Waals surface area contributed by atoms with Crippen LogP contribution >= 0.6 is 0 Å². The molecule has 24 valence electrons. The molecule has 0 spiro atoms. The van der Waals surface area contributed by atoms with E-state index in [9.17, 15) is 0 Å². The van der Waals surface area contributed by atoms with Gasteiger partial charge in [-0.25, -0.2) is 0 Å². The second kappa shape index (κ2) is 9.13. The molecule has 0 bridgehead atoms. The van der Waals surface area contributed by atoms with E-state index in [1.54, 1.807) is 0 Å². The Balaban J connectivity index is 0. The van der Waals surface area contributed by atoms with Crippen LogP contribution in [0.4, 0.5) is 0 Å². The van der Waals surface area contributed by atoms with E-state index in [1.165, 1.54) is 4.97 Å². The summed E-state index contributed by atoms with van der Waals surface area (Å²) < 4.78 is 0. The molecule has 0 N–H and O–H groups in total. The number of hydrogen-bond acceptors (Lipinski definition) is 0. The zero-order chi connectivity index (χ0) is 2.71. The van der Waals surface area contributed by atoms with Crippen LogP contribution < -0.4 is 0 Å². The van der Waals surface area contributed by atoms with Gasteiger partial charge in [-0.1, -0.05) is 0 Å². The van der Waals surface area contributed by atoms with E-state index in [0.29, 0.717) is 0 Å². The molecule has 0 aliphatic carbocycles. The first-order valence-electron chi connectivity index (χ1n) is 0.582. The van der Waals surface area contributed by atoms with Crippen molar-refractivity contribution < 1.29 is 16.0 Å². The van der Waals surface area contributed by atoms with Crippen LogP contribution in [0.25, 0.3) is 0 Å². The van der Waals surface area contributed by atoms with Crippen molar-refractivity contribution in [1.29, 1.82) is 0 Å². The van der Waals surface area contributed by atoms with E-state index < -0.39 is 0 Å². The summed E-state index contributed by atoms with van der Waals surface area (Å²) in [6.07, 6.45) is 0. The summed E-state index contributed by atoms with van der Waals surface area (Å²) in [6.45, 7) is 3.17. The molecule has 0 radical (unpaired) electrons. The zero-order valence-electron chi connectivity index (χ0n) is 1.59. The first-order valence-corrected chi connectivity index (χ1v) is 1.13. The monoisotopic (exact) mass is 98.0 g/mol. The molecule has 0 aromatic carbocycles. The van der Waals surface area contributed by atoms with Crippen LogP contribution in [0.3, 0.4) is 0 Å². The van der Waals surface area contributed by atoms with E-state index in [0.717, 1.165) is 0 Å². The van der Waals surface area contributed by atoms with E-state index in [-0.39, 0.29) is 18.9 Å². The molecule has 0 heterocycles. The first-order chi connectivity index (χ1) is 1.41. The Hall–Kier alpha value is 0.857. The molecule has 0 aromatic heterocycles. The quantitative estimate of drug-likeness (QED) is 0.375. The van der Waals surface area contributed by atoms with Gasteiger partial charge in [-0.05, 0) is 0 Å². The van der Waals surface area contributed by atoms with Crippen molar-refractivity contribution in [2.24, 2.45) is 0 Å². The van der Waals surface area contributed by atoms with Gasteiger partial charge in [0.15, 0.2) is 0 Å². The molecule has 0 aromatic rings. The predicted molar refractivity (Wildman–Crippen MR) is 17.3 cm³/mol. The molecule has 0 aliphatic rings. The third kappa shape index (κ3) is 13.4. The second-order valence-electron chi connectivity index (χ2n) is 0.123. The molecule has 4 heavy (non-hydrogen) atoms. The summed E-state index contributed by atoms with van der Waals surface area (Å²) >= 11 is 4.27. The summed E-state index contributed by atoms with van der Waals surface area (Å²) in [4.78, 5) is 1.31. The van der Waals surface area contributed by atoms with E-state index in [4.69, 9.17) is 0 Å². The maximum absolute atomic E-state index is 4.27. The fraction of sp³-hybridized carbons (Fsp3) is 0. The fourth-order valence-electron chi connectivity index (χ4n) is 0. The molecule has 0 saturated heterocycles. The molecule has 0 rings (SSSR count). The molecule has 0 saturated carbocycles. The Morgan fingerprint density at radius 3 is 1.75 bits per heavy atom. The molecule has 0 unspecified atom stereocenters. The van der Waals surface area contributed by atoms with Crippen molar-refractivity contribution in [2.75, 3.05) is 0 Å². The average molecular weight is 98.5 g/mol. The van der Waals surface area contributed by atoms with Crippen LogP contribution in [-0.4, -0.2) is 18.9 Å². The summed E-state index contributed by atoms with van der Waals surface area (Å²) in [7, 11) is 0. The molecule has 0 fully saturated rings. The van der Waals surface area contributed by atoms with Gasteiger partial charge < -0.3 is 0 Å². The van der Waals surface area contributed by atoms with Gasteiger partial charge in [0.2, 0.25) is 0 Å². The normalized spacial score (nSPS) is 3.50. The van der Waals surface area contributed by atoms with Crippen molar-refractivity contribution in [3.05, 3.63) is 11.6 Å². The average Bonchev–Trinajstić information content (AvgIpc) is 0.918. The van der Waals surface area contributed by atoms with Crippen LogP contribution in [0.15, 0.2) is 11.6 Å². The van der Waals surface area contributed by atoms with Crippen molar-refractivity contribution in [3.8, 4) is 0 Å². The van der Waals surface area contributed by atoms with Crippen LogP contribution in [-0.2, 0) is 16.0 Å². The van der Waals surface area contributed by atoms with Crippen molar-refractivity contribution >= 4 is 18.9 Å². The van der Waals surface area contributed by atoms with Crippen LogP contribution in [0.5, 0.6) is 0 Å². The molecular formula is C2H4CuLi. The standard InChI is InChI=1S/C2H3.Cu.Li.H/c1-2;;;/h1H,2H2;;;. The van der Waals surface area contributed by atoms with Gasteiger partial charge in [0.1, 0.15) is 0 Å². The van der Waals surface area contributed by atoms with Crippen LogP contribution in [0, 0.1) is 0 Å². The van der Waals surface area contributed by atoms with Gasteiger partial charge in [0.05, 0.1) is 0 Å². The fourth-order valence-corrected chi connectivity index (χ4v) is 0. The van der Waals surface area contributed by atoms with Crippen molar-refractivity contribution in [3.63, 3.8) is 0 Å². The Kier molecular flexibility index (Phi) is 20.2. The van der Waals surface area contributed by atoms with Gasteiger partial charge in [0.25, 0.3) is 0 Å². The Labute approximate surface area is 46.6 Å². The molecule has 0 atom stereocenters. The van der Waals surface area contributed by atoms with Gasteiger partial charge in [-0.3, -0.25) is 0 Å². The minimum atomic E-state index is 0. The zero-order valence-corrected chi connectivity index (χ0v) is 2.53. The Bertz CT molecular complexity index is 13.5. The third-order valence-corrected chi connectivity index (χ3v) is 0. The van der Waals surface area contributed by atoms with E-state index in [1.807, 2.05) is 0 Å². The third-order valence-electron chi connectivity index (χ3n) is 0. The minimum absolute atomic E-state index is 0. The number of rotatable bonds is 0. The van der Waals surface area contributed by atoms with Crippen molar-refractivity contribution in [1.82, 2.24) is 0 Å². The molecule has 0 aliphatic heterocycles. The van der Waals surface area contributed by atoms with Crippen LogP contribution in [0.2, 0.25) is 0 Å². The Morgan fingerprint density at radius 1 is 1.75 bits per heavy atom. The van der Waals surface area contributed by atoms with Gasteiger partial charge >= 0.3 is 46.4 Å². The van der Waals surface area contributed by atoms with E-state index >= 15 is 0 Å². The maximum atomic E-state index is 4.27. The molecular weight excluding hydrogens is 94.5 g/mol. The summed E-state index contributed by atoms with van der Waals surface area (Å²) in [5.41, 5.74) is 0. The van der Waals surface area contributed by atoms with Gasteiger partial charge in [0, 0.05) is 0 Å². The topological polar surface area (TPSA) is 0 Å². The van der Waals surface area contributed by atoms with Crippen molar-refractivity contribution in [2.45, 2.75) is 0 Å². The van der Waals surface area contributed by atoms with E-state index in [2.05, 4.69) is 22.6 Å². The van der Waals surface area contributed by atoms with Crippen LogP contribution in [0.1, 0.15) is 0 Å². The molecule has 0 nitrogen and oxygen atoms in total. The summed E-state index contributed by atoms with van der Waals surface area (Å²) in [5.74, 6) is 0. The molecule has 2 heteroatoms. The van der Waals surface area contributed by atoms with Gasteiger partial charge in [-0.2, -0.15) is 0 Å². The second-order valence-corrected chi connectivity index (χ2v) is 0.508. The molecule has 0 amide bonds. The summed E-state index contributed by atoms with van der Waals surface area (Å²) in [5, 5.41) is 0. The Morgan fingerprint density at radius 2 is 1.75 bits per heavy atom.